The summed E-state index contributed by atoms with van der Waals surface area (Å²) in [7, 11) is 0. The molecule has 0 bridgehead atoms. The van der Waals surface area contributed by atoms with Crippen LogP contribution in [0.5, 0.6) is 0 Å². The highest BCUT2D eigenvalue weighted by atomic mass is 35.5. The number of nitrogens with two attached hydrogens (primary N) is 1. The molecule has 0 spiro atoms. The zero-order valence-corrected chi connectivity index (χ0v) is 19.9. The Bertz CT molecular complexity index is 1210. The molecule has 3 aromatic rings. The Morgan fingerprint density at radius 2 is 1.83 bits per heavy atom. The van der Waals surface area contributed by atoms with Crippen molar-refractivity contribution in [3.8, 4) is 0 Å². The molecule has 2 aromatic heterocycles. The Morgan fingerprint density at radius 1 is 1.06 bits per heavy atom. The van der Waals surface area contributed by atoms with Gasteiger partial charge < -0.3 is 16.0 Å². The van der Waals surface area contributed by atoms with Gasteiger partial charge in [0.15, 0.2) is 0 Å². The van der Waals surface area contributed by atoms with E-state index in [2.05, 4.69) is 30.1 Å². The highest BCUT2D eigenvalue weighted by molar-refractivity contribution is 6.28. The molecule has 1 aromatic carbocycles. The smallest absolute Gasteiger partial charge is 0.399 e. The number of hydrogen-bond donors (Lipinski definition) is 2. The molecule has 3 N–H and O–H groups in total. The number of fused-ring (bicyclic) bond motifs is 1. The van der Waals surface area contributed by atoms with E-state index in [0.717, 1.165) is 55.6 Å². The molecule has 3 heterocycles. The van der Waals surface area contributed by atoms with Gasteiger partial charge in [0.25, 0.3) is 0 Å². The predicted molar refractivity (Wildman–Crippen MR) is 132 cm³/mol. The first-order valence-corrected chi connectivity index (χ1v) is 12.2. The van der Waals surface area contributed by atoms with Gasteiger partial charge in [0, 0.05) is 49.8 Å². The number of nitrogens with zero attached hydrogens (tertiary/aromatic N) is 5. The van der Waals surface area contributed by atoms with Crippen LogP contribution in [-0.2, 0) is 12.6 Å². The first-order chi connectivity index (χ1) is 16.8. The van der Waals surface area contributed by atoms with E-state index in [4.69, 9.17) is 17.3 Å². The molecule has 0 atom stereocenters. The van der Waals surface area contributed by atoms with E-state index >= 15 is 0 Å². The van der Waals surface area contributed by atoms with Gasteiger partial charge >= 0.3 is 6.18 Å². The van der Waals surface area contributed by atoms with Crippen LogP contribution < -0.4 is 16.0 Å². The number of anilines is 3. The number of rotatable bonds is 6. The van der Waals surface area contributed by atoms with Crippen molar-refractivity contribution in [2.45, 2.75) is 37.9 Å². The Morgan fingerprint density at radius 3 is 2.51 bits per heavy atom. The van der Waals surface area contributed by atoms with Crippen molar-refractivity contribution in [3.05, 3.63) is 46.9 Å². The largest absolute Gasteiger partial charge is 0.416 e. The zero-order valence-electron chi connectivity index (χ0n) is 19.2. The van der Waals surface area contributed by atoms with Gasteiger partial charge in [-0.05, 0) is 60.7 Å². The third-order valence-corrected chi connectivity index (χ3v) is 6.99. The van der Waals surface area contributed by atoms with Crippen molar-refractivity contribution >= 4 is 39.8 Å². The van der Waals surface area contributed by atoms with Gasteiger partial charge in [0.05, 0.1) is 17.3 Å². The fourth-order valence-corrected chi connectivity index (χ4v) is 4.90. The van der Waals surface area contributed by atoms with E-state index in [1.54, 1.807) is 12.3 Å². The molecule has 2 fully saturated rings. The lowest BCUT2D eigenvalue weighted by Gasteiger charge is -2.43. The predicted octanol–water partition coefficient (Wildman–Crippen LogP) is 4.61. The lowest BCUT2D eigenvalue weighted by atomic mass is 9.91. The monoisotopic (exact) mass is 505 g/mol. The average Bonchev–Trinajstić information content (AvgIpc) is 2.77. The van der Waals surface area contributed by atoms with Crippen LogP contribution in [-0.4, -0.2) is 58.6 Å². The minimum atomic E-state index is -4.44. The van der Waals surface area contributed by atoms with Crippen LogP contribution >= 0.6 is 11.6 Å². The topological polar surface area (TPSA) is 83.2 Å². The van der Waals surface area contributed by atoms with E-state index in [1.165, 1.54) is 19.3 Å². The van der Waals surface area contributed by atoms with Crippen LogP contribution in [0.25, 0.3) is 10.9 Å². The molecular weight excluding hydrogens is 479 g/mol. The summed E-state index contributed by atoms with van der Waals surface area (Å²) in [4.78, 5) is 18.0. The molecule has 35 heavy (non-hydrogen) atoms. The summed E-state index contributed by atoms with van der Waals surface area (Å²) in [5.74, 6) is 1.38. The van der Waals surface area contributed by atoms with E-state index < -0.39 is 11.7 Å². The van der Waals surface area contributed by atoms with Crippen molar-refractivity contribution in [2.24, 2.45) is 0 Å². The summed E-state index contributed by atoms with van der Waals surface area (Å²) in [6.07, 6.45) is 1.51. The lowest BCUT2D eigenvalue weighted by molar-refractivity contribution is -0.137. The van der Waals surface area contributed by atoms with Gasteiger partial charge in [-0.1, -0.05) is 6.42 Å². The molecule has 1 saturated heterocycles. The fraction of sp³-hybridized carbons (Fsp3) is 0.458. The Labute approximate surface area is 206 Å². The molecule has 1 aliphatic carbocycles. The summed E-state index contributed by atoms with van der Waals surface area (Å²) in [6, 6.07) is 6.30. The molecule has 11 heteroatoms. The first kappa shape index (κ1) is 23.9. The minimum Gasteiger partial charge on any atom is -0.399 e. The lowest BCUT2D eigenvalue weighted by Crippen LogP contribution is -2.52. The number of nitrogens with one attached hydrogen (secondary N) is 1. The Hall–Kier alpha value is -2.85. The second-order valence-electron chi connectivity index (χ2n) is 9.15. The highest BCUT2D eigenvalue weighted by Gasteiger charge is 2.31. The van der Waals surface area contributed by atoms with Crippen LogP contribution in [0.4, 0.5) is 30.5 Å². The normalized spacial score (nSPS) is 17.5. The summed E-state index contributed by atoms with van der Waals surface area (Å²) in [5.41, 5.74) is 6.10. The molecule has 186 valence electrons. The fourth-order valence-electron chi connectivity index (χ4n) is 4.72. The van der Waals surface area contributed by atoms with Crippen LogP contribution in [0.1, 0.15) is 30.4 Å². The highest BCUT2D eigenvalue weighted by Crippen LogP contribution is 2.32. The molecule has 1 aliphatic heterocycles. The van der Waals surface area contributed by atoms with Crippen LogP contribution in [0.3, 0.4) is 0 Å². The van der Waals surface area contributed by atoms with Crippen molar-refractivity contribution < 1.29 is 13.2 Å². The van der Waals surface area contributed by atoms with Crippen LogP contribution in [0.15, 0.2) is 30.5 Å². The SMILES string of the molecule is Nc1cc(CCNc2nc(Cl)nc3cnc(N4CCN(C5CCC5)CC4)cc23)cc(C(F)(F)F)c1. The van der Waals surface area contributed by atoms with Gasteiger partial charge in [-0.15, -0.1) is 0 Å². The molecule has 0 amide bonds. The van der Waals surface area contributed by atoms with E-state index in [0.29, 0.717) is 29.9 Å². The standard InChI is InChI=1S/C24H27ClF3N7/c25-23-32-20-14-31-21(35-8-6-34(7-9-35)18-2-1-3-18)13-19(20)22(33-23)30-5-4-15-10-16(24(26,27)28)12-17(29)11-15/h10-14,18H,1-9,29H2,(H,30,32,33). The molecule has 0 unspecified atom stereocenters. The summed E-state index contributed by atoms with van der Waals surface area (Å²) in [5, 5.41) is 4.05. The third-order valence-electron chi connectivity index (χ3n) is 6.82. The second kappa shape index (κ2) is 9.66. The summed E-state index contributed by atoms with van der Waals surface area (Å²) in [6.45, 7) is 4.20. The quantitative estimate of drug-likeness (QED) is 0.374. The number of piperazine rings is 1. The number of alkyl halides is 3. The zero-order chi connectivity index (χ0) is 24.6. The first-order valence-electron chi connectivity index (χ1n) is 11.8. The number of halogens is 4. The van der Waals surface area contributed by atoms with E-state index in [-0.39, 0.29) is 11.0 Å². The number of aromatic nitrogens is 3. The molecular formula is C24H27ClF3N7. The van der Waals surface area contributed by atoms with Crippen LogP contribution in [0, 0.1) is 0 Å². The minimum absolute atomic E-state index is 0.0759. The van der Waals surface area contributed by atoms with E-state index in [1.807, 2.05) is 6.07 Å². The van der Waals surface area contributed by atoms with Crippen molar-refractivity contribution in [1.82, 2.24) is 19.9 Å². The van der Waals surface area contributed by atoms with Gasteiger partial charge in [0.1, 0.15) is 11.6 Å². The Kier molecular flexibility index (Phi) is 6.59. The van der Waals surface area contributed by atoms with Gasteiger partial charge in [-0.3, -0.25) is 4.90 Å². The average molecular weight is 506 g/mol. The molecule has 0 radical (unpaired) electrons. The van der Waals surface area contributed by atoms with Gasteiger partial charge in [-0.2, -0.15) is 13.2 Å². The Balaban J connectivity index is 1.30. The molecule has 7 nitrogen and oxygen atoms in total. The molecule has 5 rings (SSSR count). The maximum atomic E-state index is 13.1. The van der Waals surface area contributed by atoms with Gasteiger partial charge in [0.2, 0.25) is 5.28 Å². The molecule has 1 saturated carbocycles. The van der Waals surface area contributed by atoms with Crippen molar-refractivity contribution in [1.29, 1.82) is 0 Å². The van der Waals surface area contributed by atoms with Crippen molar-refractivity contribution in [3.63, 3.8) is 0 Å². The summed E-state index contributed by atoms with van der Waals surface area (Å²) >= 11 is 6.12. The number of nitrogen functional groups attached to an aromatic ring is 1. The van der Waals surface area contributed by atoms with Crippen molar-refractivity contribution in [2.75, 3.05) is 48.7 Å². The maximum Gasteiger partial charge on any atom is 0.416 e. The second-order valence-corrected chi connectivity index (χ2v) is 9.48. The van der Waals surface area contributed by atoms with Crippen LogP contribution in [0.2, 0.25) is 5.28 Å². The number of pyridine rings is 1. The molecule has 2 aliphatic rings. The van der Waals surface area contributed by atoms with E-state index in [9.17, 15) is 13.2 Å². The van der Waals surface area contributed by atoms with Gasteiger partial charge in [-0.25, -0.2) is 15.0 Å². The number of hydrogen-bond acceptors (Lipinski definition) is 7. The summed E-state index contributed by atoms with van der Waals surface area (Å²) < 4.78 is 39.3. The third kappa shape index (κ3) is 5.38. The maximum absolute atomic E-state index is 13.1. The number of benzene rings is 1.